The van der Waals surface area contributed by atoms with E-state index in [9.17, 15) is 13.2 Å². The molecule has 0 aromatic carbocycles. The van der Waals surface area contributed by atoms with Gasteiger partial charge in [0.2, 0.25) is 0 Å². The molecule has 0 unspecified atom stereocenters. The van der Waals surface area contributed by atoms with Gasteiger partial charge in [-0.2, -0.15) is 0 Å². The van der Waals surface area contributed by atoms with Crippen molar-refractivity contribution in [2.45, 2.75) is 6.92 Å². The van der Waals surface area contributed by atoms with Gasteiger partial charge >= 0.3 is 0 Å². The van der Waals surface area contributed by atoms with E-state index < -0.39 is 20.8 Å². The van der Waals surface area contributed by atoms with E-state index in [1.807, 2.05) is 0 Å². The van der Waals surface area contributed by atoms with E-state index in [-0.39, 0.29) is 5.78 Å². The van der Waals surface area contributed by atoms with Gasteiger partial charge in [-0.15, -0.1) is 11.6 Å². The van der Waals surface area contributed by atoms with E-state index in [1.165, 1.54) is 6.92 Å². The lowest BCUT2D eigenvalue weighted by molar-refractivity contribution is -0.114. The molecule has 0 spiro atoms. The molecule has 0 bridgehead atoms. The third-order valence-electron chi connectivity index (χ3n) is 0.589. The SMILES string of the molecule is CC(=O)CS(=O)(=O)CCl. The number of alkyl halides is 1. The topological polar surface area (TPSA) is 51.2 Å². The van der Waals surface area contributed by atoms with Gasteiger partial charge in [0.05, 0.1) is 0 Å². The average Bonchev–Trinajstić information content (AvgIpc) is 1.63. The van der Waals surface area contributed by atoms with Crippen LogP contribution in [0.15, 0.2) is 0 Å². The number of carbonyl (C=O) groups is 1. The summed E-state index contributed by atoms with van der Waals surface area (Å²) in [6, 6.07) is 0. The first kappa shape index (κ1) is 8.91. The summed E-state index contributed by atoms with van der Waals surface area (Å²) < 4.78 is 20.9. The van der Waals surface area contributed by atoms with E-state index in [4.69, 9.17) is 11.6 Å². The van der Waals surface area contributed by atoms with Crippen LogP contribution < -0.4 is 0 Å². The lowest BCUT2D eigenvalue weighted by atomic mass is 10.5. The Balaban J connectivity index is 4.06. The molecule has 0 N–H and O–H groups in total. The summed E-state index contributed by atoms with van der Waals surface area (Å²) in [5.74, 6) is -0.827. The Hall–Kier alpha value is -0.0900. The zero-order valence-corrected chi connectivity index (χ0v) is 6.50. The van der Waals surface area contributed by atoms with Crippen LogP contribution in [0.3, 0.4) is 0 Å². The zero-order valence-electron chi connectivity index (χ0n) is 4.93. The fourth-order valence-electron chi connectivity index (χ4n) is 0.348. The highest BCUT2D eigenvalue weighted by Crippen LogP contribution is 1.92. The molecule has 54 valence electrons. The van der Waals surface area contributed by atoms with E-state index >= 15 is 0 Å². The Morgan fingerprint density at radius 2 is 2.00 bits per heavy atom. The van der Waals surface area contributed by atoms with Gasteiger partial charge in [0.1, 0.15) is 16.7 Å². The number of sulfone groups is 1. The van der Waals surface area contributed by atoms with Crippen LogP contribution in [0.4, 0.5) is 0 Å². The monoisotopic (exact) mass is 170 g/mol. The van der Waals surface area contributed by atoms with Crippen LogP contribution in [0, 0.1) is 0 Å². The second kappa shape index (κ2) is 3.17. The maximum Gasteiger partial charge on any atom is 0.171 e. The van der Waals surface area contributed by atoms with Crippen molar-refractivity contribution in [3.8, 4) is 0 Å². The molecule has 0 amide bonds. The molecule has 0 aromatic heterocycles. The highest BCUT2D eigenvalue weighted by atomic mass is 35.5. The Morgan fingerprint density at radius 3 is 2.11 bits per heavy atom. The third-order valence-corrected chi connectivity index (χ3v) is 2.77. The number of Topliss-reactive ketones (excluding diaryl/α,β-unsaturated/α-hetero) is 1. The molecule has 3 nitrogen and oxygen atoms in total. The number of rotatable bonds is 3. The summed E-state index contributed by atoms with van der Waals surface area (Å²) in [6.07, 6.45) is 0. The fraction of sp³-hybridized carbons (Fsp3) is 0.750. The average molecular weight is 171 g/mol. The molecule has 0 aliphatic heterocycles. The van der Waals surface area contributed by atoms with Crippen LogP contribution in [-0.2, 0) is 14.6 Å². The van der Waals surface area contributed by atoms with Crippen LogP contribution in [-0.4, -0.2) is 25.2 Å². The van der Waals surface area contributed by atoms with Crippen molar-refractivity contribution in [3.05, 3.63) is 0 Å². The maximum absolute atomic E-state index is 10.5. The number of carbonyl (C=O) groups excluding carboxylic acids is 1. The molecule has 0 heterocycles. The summed E-state index contributed by atoms with van der Waals surface area (Å²) in [6.45, 7) is 1.21. The van der Waals surface area contributed by atoms with Crippen LogP contribution >= 0.6 is 11.6 Å². The van der Waals surface area contributed by atoms with Crippen molar-refractivity contribution in [1.82, 2.24) is 0 Å². The summed E-state index contributed by atoms with van der Waals surface area (Å²) in [4.78, 5) is 10.2. The first-order valence-electron chi connectivity index (χ1n) is 2.24. The molecule has 0 aromatic rings. The number of ketones is 1. The standard InChI is InChI=1S/C4H7ClO3S/c1-4(6)2-9(7,8)3-5/h2-3H2,1H3. The summed E-state index contributed by atoms with van der Waals surface area (Å²) >= 11 is 5.00. The van der Waals surface area contributed by atoms with Gasteiger partial charge in [0, 0.05) is 0 Å². The van der Waals surface area contributed by atoms with E-state index in [0.29, 0.717) is 0 Å². The normalized spacial score (nSPS) is 11.3. The van der Waals surface area contributed by atoms with E-state index in [1.54, 1.807) is 0 Å². The van der Waals surface area contributed by atoms with Crippen molar-refractivity contribution >= 4 is 27.2 Å². The van der Waals surface area contributed by atoms with Gasteiger partial charge in [-0.05, 0) is 6.92 Å². The van der Waals surface area contributed by atoms with Gasteiger partial charge in [0.15, 0.2) is 9.84 Å². The molecule has 5 heteroatoms. The third kappa shape index (κ3) is 4.42. The predicted octanol–water partition coefficient (Wildman–Crippen LogP) is 0.187. The van der Waals surface area contributed by atoms with Crippen molar-refractivity contribution in [3.63, 3.8) is 0 Å². The Labute approximate surface area is 58.9 Å². The summed E-state index contributed by atoms with van der Waals surface area (Å²) in [5.41, 5.74) is 0. The minimum Gasteiger partial charge on any atom is -0.299 e. The lowest BCUT2D eigenvalue weighted by Crippen LogP contribution is -2.13. The van der Waals surface area contributed by atoms with Crippen molar-refractivity contribution in [2.24, 2.45) is 0 Å². The zero-order chi connectivity index (χ0) is 7.49. The molecule has 0 rings (SSSR count). The predicted molar refractivity (Wildman–Crippen MR) is 35.2 cm³/mol. The molecule has 0 saturated heterocycles. The number of halogens is 1. The van der Waals surface area contributed by atoms with Gasteiger partial charge < -0.3 is 0 Å². The minimum absolute atomic E-state index is 0.379. The highest BCUT2D eigenvalue weighted by molar-refractivity contribution is 7.93. The number of hydrogen-bond acceptors (Lipinski definition) is 3. The van der Waals surface area contributed by atoms with Crippen molar-refractivity contribution < 1.29 is 13.2 Å². The minimum atomic E-state index is -3.30. The molecule has 9 heavy (non-hydrogen) atoms. The van der Waals surface area contributed by atoms with Gasteiger partial charge in [-0.25, -0.2) is 8.42 Å². The number of hydrogen-bond donors (Lipinski definition) is 0. The molecular formula is C4H7ClO3S. The molecule has 0 aliphatic carbocycles. The van der Waals surface area contributed by atoms with Crippen molar-refractivity contribution in [1.29, 1.82) is 0 Å². The maximum atomic E-state index is 10.5. The fourth-order valence-corrected chi connectivity index (χ4v) is 1.28. The Bertz CT molecular complexity index is 194. The largest absolute Gasteiger partial charge is 0.299 e. The first-order chi connectivity index (χ1) is 3.98. The summed E-state index contributed by atoms with van der Waals surface area (Å²) in [5, 5.41) is -0.480. The molecule has 0 saturated carbocycles. The lowest BCUT2D eigenvalue weighted by Gasteiger charge is -1.92. The second-order valence-electron chi connectivity index (χ2n) is 1.70. The van der Waals surface area contributed by atoms with Gasteiger partial charge in [0.25, 0.3) is 0 Å². The van der Waals surface area contributed by atoms with Gasteiger partial charge in [-0.3, -0.25) is 4.79 Å². The van der Waals surface area contributed by atoms with E-state index in [0.717, 1.165) is 0 Å². The van der Waals surface area contributed by atoms with Crippen LogP contribution in [0.2, 0.25) is 0 Å². The van der Waals surface area contributed by atoms with Crippen LogP contribution in [0.25, 0.3) is 0 Å². The quantitative estimate of drug-likeness (QED) is 0.568. The van der Waals surface area contributed by atoms with E-state index in [2.05, 4.69) is 0 Å². The van der Waals surface area contributed by atoms with Crippen molar-refractivity contribution in [2.75, 3.05) is 11.0 Å². The Morgan fingerprint density at radius 1 is 1.56 bits per heavy atom. The highest BCUT2D eigenvalue weighted by Gasteiger charge is 2.10. The van der Waals surface area contributed by atoms with Crippen LogP contribution in [0.5, 0.6) is 0 Å². The molecule has 0 aliphatic rings. The molecular weight excluding hydrogens is 164 g/mol. The van der Waals surface area contributed by atoms with Gasteiger partial charge in [-0.1, -0.05) is 0 Å². The smallest absolute Gasteiger partial charge is 0.171 e. The Kier molecular flexibility index (Phi) is 3.14. The molecule has 0 radical (unpaired) electrons. The first-order valence-corrected chi connectivity index (χ1v) is 4.59. The molecule has 0 fully saturated rings. The molecule has 0 atom stereocenters. The summed E-state index contributed by atoms with van der Waals surface area (Å²) in [7, 11) is -3.30. The van der Waals surface area contributed by atoms with Crippen LogP contribution in [0.1, 0.15) is 6.92 Å². The second-order valence-corrected chi connectivity index (χ2v) is 4.35.